The Labute approximate surface area is 241 Å². The molecule has 12 heteroatoms. The number of carbonyl (C=O) groups is 2. The van der Waals surface area contributed by atoms with Crippen LogP contribution in [0.15, 0.2) is 36.7 Å². The summed E-state index contributed by atoms with van der Waals surface area (Å²) in [7, 11) is 0. The van der Waals surface area contributed by atoms with Gasteiger partial charge in [0.25, 0.3) is 5.91 Å². The summed E-state index contributed by atoms with van der Waals surface area (Å²) in [4.78, 5) is 43.9. The third-order valence-electron chi connectivity index (χ3n) is 6.38. The highest BCUT2D eigenvalue weighted by atomic mass is 35.5. The fraction of sp³-hybridized carbons (Fsp3) is 0.393. The standard InChI is InChI=1S/C28H30Cl2N6O4/c1-28(2,3)40-24(37)14-39-13-23(26-33-20-7-6-16(29)10-22(20)34-26)35-25-18-11-19(30)17(12-21(18)31-15-32-25)27(38)36-8-4-5-9-36/h6-7,10-12,15,23H,4-5,8-9,13-14H2,1-3H3,(H,33,34)(H,31,32,35)/t23-/m1/s1. The number of halogens is 2. The Bertz CT molecular complexity index is 1560. The van der Waals surface area contributed by atoms with Gasteiger partial charge in [0.1, 0.15) is 36.2 Å². The van der Waals surface area contributed by atoms with Crippen LogP contribution in [0, 0.1) is 0 Å². The first-order chi connectivity index (χ1) is 19.1. The molecule has 40 heavy (non-hydrogen) atoms. The molecule has 2 aromatic heterocycles. The first kappa shape index (κ1) is 28.1. The average Bonchev–Trinajstić information content (AvgIpc) is 3.57. The number of ether oxygens (including phenoxy) is 2. The number of nitrogens with zero attached hydrogens (tertiary/aromatic N) is 4. The van der Waals surface area contributed by atoms with Crippen molar-refractivity contribution >= 4 is 62.8 Å². The Kier molecular flexibility index (Phi) is 8.11. The summed E-state index contributed by atoms with van der Waals surface area (Å²) in [5.41, 5.74) is 1.83. The van der Waals surface area contributed by atoms with Crippen LogP contribution < -0.4 is 5.32 Å². The molecule has 0 aliphatic carbocycles. The summed E-state index contributed by atoms with van der Waals surface area (Å²) in [6.07, 6.45) is 3.39. The van der Waals surface area contributed by atoms with Crippen molar-refractivity contribution in [3.05, 3.63) is 58.1 Å². The number of nitrogens with one attached hydrogen (secondary N) is 2. The molecule has 10 nitrogen and oxygen atoms in total. The number of carbonyl (C=O) groups excluding carboxylic acids is 2. The summed E-state index contributed by atoms with van der Waals surface area (Å²) in [5, 5.41) is 4.88. The maximum Gasteiger partial charge on any atom is 0.332 e. The number of fused-ring (bicyclic) bond motifs is 2. The summed E-state index contributed by atoms with van der Waals surface area (Å²) in [6.45, 7) is 6.66. The van der Waals surface area contributed by atoms with Gasteiger partial charge in [-0.3, -0.25) is 4.79 Å². The van der Waals surface area contributed by atoms with Gasteiger partial charge in [0, 0.05) is 23.5 Å². The smallest absolute Gasteiger partial charge is 0.332 e. The number of hydrogen-bond acceptors (Lipinski definition) is 8. The maximum absolute atomic E-state index is 13.0. The Hall–Kier alpha value is -3.47. The van der Waals surface area contributed by atoms with Crippen molar-refractivity contribution in [2.45, 2.75) is 45.3 Å². The zero-order valence-electron chi connectivity index (χ0n) is 22.5. The first-order valence-corrected chi connectivity index (χ1v) is 13.8. The fourth-order valence-electron chi connectivity index (χ4n) is 4.60. The molecule has 0 spiro atoms. The van der Waals surface area contributed by atoms with Crippen molar-refractivity contribution in [1.82, 2.24) is 24.8 Å². The van der Waals surface area contributed by atoms with E-state index in [9.17, 15) is 9.59 Å². The van der Waals surface area contributed by atoms with Crippen LogP contribution in [0.5, 0.6) is 0 Å². The number of imidazole rings is 1. The Balaban J connectivity index is 1.43. The van der Waals surface area contributed by atoms with E-state index in [0.29, 0.717) is 38.2 Å². The molecule has 0 unspecified atom stereocenters. The van der Waals surface area contributed by atoms with Crippen LogP contribution in [-0.2, 0) is 14.3 Å². The summed E-state index contributed by atoms with van der Waals surface area (Å²) in [6, 6.07) is 8.20. The molecule has 3 heterocycles. The van der Waals surface area contributed by atoms with E-state index in [1.54, 1.807) is 49.9 Å². The lowest BCUT2D eigenvalue weighted by atomic mass is 10.1. The maximum atomic E-state index is 13.0. The van der Waals surface area contributed by atoms with Crippen LogP contribution in [0.25, 0.3) is 21.9 Å². The molecule has 1 aliphatic heterocycles. The van der Waals surface area contributed by atoms with Gasteiger partial charge in [-0.1, -0.05) is 23.2 Å². The van der Waals surface area contributed by atoms with Crippen LogP contribution in [0.2, 0.25) is 10.0 Å². The van der Waals surface area contributed by atoms with Crippen molar-refractivity contribution < 1.29 is 19.1 Å². The first-order valence-electron chi connectivity index (χ1n) is 13.0. The number of rotatable bonds is 8. The number of likely N-dealkylation sites (tertiary alicyclic amines) is 1. The van der Waals surface area contributed by atoms with E-state index in [0.717, 1.165) is 37.0 Å². The van der Waals surface area contributed by atoms with Gasteiger partial charge in [0.05, 0.1) is 33.7 Å². The Morgan fingerprint density at radius 3 is 2.62 bits per heavy atom. The zero-order valence-corrected chi connectivity index (χ0v) is 24.0. The molecule has 4 aromatic rings. The van der Waals surface area contributed by atoms with E-state index in [-0.39, 0.29) is 19.1 Å². The minimum absolute atomic E-state index is 0.0670. The van der Waals surface area contributed by atoms with Gasteiger partial charge < -0.3 is 24.7 Å². The summed E-state index contributed by atoms with van der Waals surface area (Å²) >= 11 is 12.8. The second kappa shape index (κ2) is 11.6. The van der Waals surface area contributed by atoms with Crippen molar-refractivity contribution in [2.24, 2.45) is 0 Å². The molecule has 2 N–H and O–H groups in total. The second-order valence-electron chi connectivity index (χ2n) is 10.7. The van der Waals surface area contributed by atoms with E-state index in [1.807, 2.05) is 6.07 Å². The molecule has 1 saturated heterocycles. The van der Waals surface area contributed by atoms with Crippen LogP contribution in [-0.4, -0.2) is 68.6 Å². The van der Waals surface area contributed by atoms with E-state index in [4.69, 9.17) is 37.7 Å². The number of hydrogen-bond donors (Lipinski definition) is 2. The predicted molar refractivity (Wildman–Crippen MR) is 154 cm³/mol. The SMILES string of the molecule is CC(C)(C)OC(=O)COC[C@@H](Nc1ncnc2cc(C(=O)N3CCCC3)c(Cl)cc12)c1nc2ccc(Cl)cc2[nH]1. The molecule has 210 valence electrons. The van der Waals surface area contributed by atoms with Gasteiger partial charge in [-0.25, -0.2) is 19.7 Å². The lowest BCUT2D eigenvalue weighted by molar-refractivity contribution is -0.160. The lowest BCUT2D eigenvalue weighted by Crippen LogP contribution is -2.28. The highest BCUT2D eigenvalue weighted by Gasteiger charge is 2.24. The third kappa shape index (κ3) is 6.46. The molecular formula is C28H30Cl2N6O4. The van der Waals surface area contributed by atoms with Gasteiger partial charge in [0.15, 0.2) is 0 Å². The van der Waals surface area contributed by atoms with Crippen molar-refractivity contribution in [1.29, 1.82) is 0 Å². The lowest BCUT2D eigenvalue weighted by Gasteiger charge is -2.21. The van der Waals surface area contributed by atoms with E-state index < -0.39 is 17.6 Å². The van der Waals surface area contributed by atoms with Gasteiger partial charge in [-0.2, -0.15) is 0 Å². The number of amides is 1. The molecule has 0 radical (unpaired) electrons. The number of aromatic nitrogens is 4. The van der Waals surface area contributed by atoms with E-state index in [1.165, 1.54) is 6.33 Å². The third-order valence-corrected chi connectivity index (χ3v) is 6.92. The Morgan fingerprint density at radius 2 is 1.88 bits per heavy atom. The average molecular weight is 585 g/mol. The monoisotopic (exact) mass is 584 g/mol. The van der Waals surface area contributed by atoms with Gasteiger partial charge in [0.2, 0.25) is 0 Å². The highest BCUT2D eigenvalue weighted by Crippen LogP contribution is 2.31. The van der Waals surface area contributed by atoms with Crippen molar-refractivity contribution in [3.63, 3.8) is 0 Å². The zero-order chi connectivity index (χ0) is 28.4. The van der Waals surface area contributed by atoms with Gasteiger partial charge in [-0.15, -0.1) is 0 Å². The second-order valence-corrected chi connectivity index (χ2v) is 11.5. The van der Waals surface area contributed by atoms with Crippen molar-refractivity contribution in [3.8, 4) is 0 Å². The minimum Gasteiger partial charge on any atom is -0.458 e. The molecule has 0 bridgehead atoms. The molecule has 0 saturated carbocycles. The summed E-state index contributed by atoms with van der Waals surface area (Å²) < 4.78 is 11.1. The molecule has 1 fully saturated rings. The Morgan fingerprint density at radius 1 is 1.10 bits per heavy atom. The number of benzene rings is 2. The summed E-state index contributed by atoms with van der Waals surface area (Å²) in [5.74, 6) is 0.445. The molecule has 5 rings (SSSR count). The number of H-pyrrole nitrogens is 1. The van der Waals surface area contributed by atoms with E-state index in [2.05, 4.69) is 20.3 Å². The normalized spacial score (nSPS) is 14.6. The highest BCUT2D eigenvalue weighted by molar-refractivity contribution is 6.35. The molecule has 1 aliphatic rings. The van der Waals surface area contributed by atoms with Crippen LogP contribution in [0.4, 0.5) is 5.82 Å². The van der Waals surface area contributed by atoms with E-state index >= 15 is 0 Å². The van der Waals surface area contributed by atoms with Gasteiger partial charge >= 0.3 is 5.97 Å². The topological polar surface area (TPSA) is 122 Å². The molecule has 1 amide bonds. The molecular weight excluding hydrogens is 555 g/mol. The quantitative estimate of drug-likeness (QED) is 0.258. The van der Waals surface area contributed by atoms with Crippen LogP contribution in [0.3, 0.4) is 0 Å². The number of anilines is 1. The van der Waals surface area contributed by atoms with Crippen LogP contribution >= 0.6 is 23.2 Å². The predicted octanol–water partition coefficient (Wildman–Crippen LogP) is 5.56. The minimum atomic E-state index is -0.621. The van der Waals surface area contributed by atoms with Gasteiger partial charge in [-0.05, 0) is 63.9 Å². The largest absolute Gasteiger partial charge is 0.458 e. The van der Waals surface area contributed by atoms with Crippen LogP contribution in [0.1, 0.15) is 55.8 Å². The molecule has 2 aromatic carbocycles. The number of aromatic amines is 1. The van der Waals surface area contributed by atoms with Crippen molar-refractivity contribution in [2.75, 3.05) is 31.6 Å². The molecule has 1 atom stereocenters. The fourth-order valence-corrected chi connectivity index (χ4v) is 5.01. The number of esters is 1.